The van der Waals surface area contributed by atoms with Crippen molar-refractivity contribution in [3.63, 3.8) is 0 Å². The molecule has 5 heteroatoms. The highest BCUT2D eigenvalue weighted by Gasteiger charge is 2.34. The van der Waals surface area contributed by atoms with E-state index in [0.29, 0.717) is 6.04 Å². The molecule has 15 heavy (non-hydrogen) atoms. The second-order valence-electron chi connectivity index (χ2n) is 4.52. The summed E-state index contributed by atoms with van der Waals surface area (Å²) < 4.78 is 0. The van der Waals surface area contributed by atoms with Gasteiger partial charge in [0.05, 0.1) is 6.54 Å². The second kappa shape index (κ2) is 3.90. The van der Waals surface area contributed by atoms with Crippen molar-refractivity contribution < 1.29 is 0 Å². The summed E-state index contributed by atoms with van der Waals surface area (Å²) in [5.41, 5.74) is 0. The van der Waals surface area contributed by atoms with Crippen LogP contribution >= 0.6 is 0 Å². The van der Waals surface area contributed by atoms with Crippen molar-refractivity contribution in [3.8, 4) is 0 Å². The summed E-state index contributed by atoms with van der Waals surface area (Å²) in [5, 5.41) is 10.2. The molecular formula is C10H17N5. The summed E-state index contributed by atoms with van der Waals surface area (Å²) in [5.74, 6) is 0.930. The van der Waals surface area contributed by atoms with Crippen molar-refractivity contribution in [1.29, 1.82) is 0 Å². The van der Waals surface area contributed by atoms with Crippen molar-refractivity contribution >= 4 is 0 Å². The fraction of sp³-hybridized carbons (Fsp3) is 0.800. The largest absolute Gasteiger partial charge is 0.306 e. The smallest absolute Gasteiger partial charge is 0.138 e. The maximum atomic E-state index is 4.10. The van der Waals surface area contributed by atoms with Crippen LogP contribution in [0.5, 0.6) is 0 Å². The number of hydrogen-bond donors (Lipinski definition) is 2. The topological polar surface area (TPSA) is 56.8 Å². The zero-order chi connectivity index (χ0) is 10.1. The molecule has 2 N–H and O–H groups in total. The molecule has 1 aromatic rings. The van der Waals surface area contributed by atoms with E-state index >= 15 is 0 Å². The fourth-order valence-electron chi connectivity index (χ4n) is 2.28. The van der Waals surface area contributed by atoms with Crippen LogP contribution in [0.25, 0.3) is 0 Å². The fourth-order valence-corrected chi connectivity index (χ4v) is 2.28. The first-order valence-corrected chi connectivity index (χ1v) is 5.73. The highest BCUT2D eigenvalue weighted by atomic mass is 15.2. The third-order valence-electron chi connectivity index (χ3n) is 3.31. The molecule has 1 saturated heterocycles. The Kier molecular flexibility index (Phi) is 2.42. The summed E-state index contributed by atoms with van der Waals surface area (Å²) in [7, 11) is 0. The van der Waals surface area contributed by atoms with E-state index in [9.17, 15) is 0 Å². The molecule has 0 radical (unpaired) electrons. The molecule has 1 aliphatic heterocycles. The lowest BCUT2D eigenvalue weighted by atomic mass is 10.2. The van der Waals surface area contributed by atoms with Gasteiger partial charge < -0.3 is 5.32 Å². The van der Waals surface area contributed by atoms with E-state index in [1.165, 1.54) is 32.4 Å². The zero-order valence-electron chi connectivity index (χ0n) is 8.82. The number of hydrogen-bond acceptors (Lipinski definition) is 4. The van der Waals surface area contributed by atoms with Crippen molar-refractivity contribution in [2.75, 3.05) is 13.1 Å². The summed E-state index contributed by atoms with van der Waals surface area (Å²) in [6.45, 7) is 3.28. The molecule has 5 nitrogen and oxygen atoms in total. The van der Waals surface area contributed by atoms with E-state index in [4.69, 9.17) is 0 Å². The minimum atomic E-state index is 0.635. The van der Waals surface area contributed by atoms with Crippen LogP contribution in [-0.4, -0.2) is 45.3 Å². The molecular weight excluding hydrogens is 190 g/mol. The van der Waals surface area contributed by atoms with Gasteiger partial charge in [-0.05, 0) is 19.3 Å². The molecule has 0 bridgehead atoms. The van der Waals surface area contributed by atoms with Crippen LogP contribution in [0.2, 0.25) is 0 Å². The average molecular weight is 207 g/mol. The Morgan fingerprint density at radius 1 is 1.47 bits per heavy atom. The number of nitrogens with one attached hydrogen (secondary N) is 2. The van der Waals surface area contributed by atoms with Crippen LogP contribution in [0.1, 0.15) is 25.1 Å². The quantitative estimate of drug-likeness (QED) is 0.737. The van der Waals surface area contributed by atoms with E-state index in [-0.39, 0.29) is 0 Å². The Labute approximate surface area is 89.3 Å². The van der Waals surface area contributed by atoms with Gasteiger partial charge >= 0.3 is 0 Å². The minimum Gasteiger partial charge on any atom is -0.306 e. The van der Waals surface area contributed by atoms with Crippen LogP contribution in [0, 0.1) is 0 Å². The van der Waals surface area contributed by atoms with Gasteiger partial charge in [-0.3, -0.25) is 10.00 Å². The lowest BCUT2D eigenvalue weighted by molar-refractivity contribution is 0.317. The normalized spacial score (nSPS) is 27.3. The SMILES string of the molecule is c1n[nH]c(CNC2CCN(C3CC3)C2)n1. The summed E-state index contributed by atoms with van der Waals surface area (Å²) in [6, 6.07) is 1.54. The van der Waals surface area contributed by atoms with E-state index in [0.717, 1.165) is 18.4 Å². The van der Waals surface area contributed by atoms with Gasteiger partial charge in [-0.15, -0.1) is 0 Å². The number of nitrogens with zero attached hydrogens (tertiary/aromatic N) is 3. The lowest BCUT2D eigenvalue weighted by Crippen LogP contribution is -2.33. The van der Waals surface area contributed by atoms with Gasteiger partial charge in [-0.1, -0.05) is 0 Å². The van der Waals surface area contributed by atoms with E-state index in [1.807, 2.05) is 0 Å². The third-order valence-corrected chi connectivity index (χ3v) is 3.31. The van der Waals surface area contributed by atoms with Crippen molar-refractivity contribution in [1.82, 2.24) is 25.4 Å². The first-order valence-electron chi connectivity index (χ1n) is 5.73. The predicted octanol–water partition coefficient (Wildman–Crippen LogP) is 0.131. The average Bonchev–Trinajstić information content (AvgIpc) is 2.82. The Bertz CT molecular complexity index is 306. The maximum Gasteiger partial charge on any atom is 0.138 e. The van der Waals surface area contributed by atoms with Gasteiger partial charge in [-0.2, -0.15) is 5.10 Å². The zero-order valence-corrected chi connectivity index (χ0v) is 8.82. The molecule has 3 rings (SSSR count). The molecule has 0 aromatic carbocycles. The van der Waals surface area contributed by atoms with E-state index < -0.39 is 0 Å². The standard InChI is InChI=1S/C10H17N5/c1-2-9(1)15-4-3-8(6-15)11-5-10-12-7-13-14-10/h7-9,11H,1-6H2,(H,12,13,14). The number of likely N-dealkylation sites (tertiary alicyclic amines) is 1. The molecule has 2 aliphatic rings. The second-order valence-corrected chi connectivity index (χ2v) is 4.52. The molecule has 1 aromatic heterocycles. The third kappa shape index (κ3) is 2.18. The van der Waals surface area contributed by atoms with Gasteiger partial charge in [0.1, 0.15) is 12.2 Å². The molecule has 1 aliphatic carbocycles. The number of rotatable bonds is 4. The van der Waals surface area contributed by atoms with Crippen LogP contribution in [-0.2, 0) is 6.54 Å². The highest BCUT2D eigenvalue weighted by Crippen LogP contribution is 2.29. The first kappa shape index (κ1) is 9.30. The molecule has 1 unspecified atom stereocenters. The molecule has 0 spiro atoms. The molecule has 0 amide bonds. The van der Waals surface area contributed by atoms with Gasteiger partial charge in [-0.25, -0.2) is 4.98 Å². The lowest BCUT2D eigenvalue weighted by Gasteiger charge is -2.15. The molecule has 82 valence electrons. The van der Waals surface area contributed by atoms with E-state index in [1.54, 1.807) is 6.33 Å². The predicted molar refractivity (Wildman–Crippen MR) is 56.2 cm³/mol. The summed E-state index contributed by atoms with van der Waals surface area (Å²) >= 11 is 0. The molecule has 1 saturated carbocycles. The van der Waals surface area contributed by atoms with Gasteiger partial charge in [0.2, 0.25) is 0 Å². The minimum absolute atomic E-state index is 0.635. The first-order chi connectivity index (χ1) is 7.42. The van der Waals surface area contributed by atoms with Crippen molar-refractivity contribution in [2.24, 2.45) is 0 Å². The molecule has 2 heterocycles. The van der Waals surface area contributed by atoms with Crippen LogP contribution in [0.15, 0.2) is 6.33 Å². The summed E-state index contributed by atoms with van der Waals surface area (Å²) in [6.07, 6.45) is 5.65. The molecule has 1 atom stereocenters. The van der Waals surface area contributed by atoms with Crippen molar-refractivity contribution in [2.45, 2.75) is 37.9 Å². The monoisotopic (exact) mass is 207 g/mol. The van der Waals surface area contributed by atoms with Gasteiger partial charge in [0, 0.05) is 25.2 Å². The van der Waals surface area contributed by atoms with Crippen molar-refractivity contribution in [3.05, 3.63) is 12.2 Å². The number of aromatic amines is 1. The Hall–Kier alpha value is -0.940. The van der Waals surface area contributed by atoms with Crippen LogP contribution in [0.4, 0.5) is 0 Å². The van der Waals surface area contributed by atoms with Gasteiger partial charge in [0.25, 0.3) is 0 Å². The van der Waals surface area contributed by atoms with Gasteiger partial charge in [0.15, 0.2) is 0 Å². The maximum absolute atomic E-state index is 4.10. The van der Waals surface area contributed by atoms with Crippen LogP contribution in [0.3, 0.4) is 0 Å². The van der Waals surface area contributed by atoms with E-state index in [2.05, 4.69) is 25.4 Å². The number of H-pyrrole nitrogens is 1. The Balaban J connectivity index is 1.44. The number of aromatic nitrogens is 3. The summed E-state index contributed by atoms with van der Waals surface area (Å²) in [4.78, 5) is 6.71. The highest BCUT2D eigenvalue weighted by molar-refractivity contribution is 4.92. The Morgan fingerprint density at radius 3 is 3.13 bits per heavy atom. The molecule has 2 fully saturated rings. The Morgan fingerprint density at radius 2 is 2.40 bits per heavy atom. The van der Waals surface area contributed by atoms with Crippen LogP contribution < -0.4 is 5.32 Å².